The fourth-order valence-corrected chi connectivity index (χ4v) is 2.22. The number of hydrogen-bond donors (Lipinski definition) is 0. The summed E-state index contributed by atoms with van der Waals surface area (Å²) in [6.45, 7) is 3.50. The van der Waals surface area contributed by atoms with Gasteiger partial charge in [0.15, 0.2) is 18.1 Å². The molecule has 0 saturated carbocycles. The molecular weight excluding hydrogens is 324 g/mol. The predicted octanol–water partition coefficient (Wildman–Crippen LogP) is 3.08. The Bertz CT molecular complexity index is 761. The lowest BCUT2D eigenvalue weighted by atomic mass is 10.1. The molecule has 0 bridgehead atoms. The van der Waals surface area contributed by atoms with E-state index in [4.69, 9.17) is 14.2 Å². The molecule has 0 aromatic heterocycles. The third-order valence-corrected chi connectivity index (χ3v) is 3.58. The van der Waals surface area contributed by atoms with Gasteiger partial charge in [0.2, 0.25) is 0 Å². The zero-order valence-corrected chi connectivity index (χ0v) is 14.6. The van der Waals surface area contributed by atoms with E-state index in [0.29, 0.717) is 22.8 Å². The van der Waals surface area contributed by atoms with Crippen molar-refractivity contribution in [3.8, 4) is 17.2 Å². The molecule has 6 heteroatoms. The summed E-state index contributed by atoms with van der Waals surface area (Å²) in [5.41, 5.74) is 2.06. The molecule has 132 valence electrons. The van der Waals surface area contributed by atoms with Gasteiger partial charge in [-0.15, -0.1) is 0 Å². The molecule has 0 saturated heterocycles. The Kier molecular flexibility index (Phi) is 6.00. The quantitative estimate of drug-likeness (QED) is 0.592. The summed E-state index contributed by atoms with van der Waals surface area (Å²) < 4.78 is 20.6. The van der Waals surface area contributed by atoms with Gasteiger partial charge in [-0.2, -0.15) is 0 Å². The second-order valence-corrected chi connectivity index (χ2v) is 5.34. The first-order chi connectivity index (χ1) is 12.0. The summed E-state index contributed by atoms with van der Waals surface area (Å²) in [7, 11) is 2.72. The lowest BCUT2D eigenvalue weighted by Gasteiger charge is -2.13. The summed E-state index contributed by atoms with van der Waals surface area (Å²) in [5, 5.41) is 0. The van der Waals surface area contributed by atoms with Gasteiger partial charge in [-0.3, -0.25) is 0 Å². The van der Waals surface area contributed by atoms with Gasteiger partial charge in [-0.25, -0.2) is 9.59 Å². The molecule has 0 atom stereocenters. The zero-order valence-electron chi connectivity index (χ0n) is 14.6. The van der Waals surface area contributed by atoms with Crippen molar-refractivity contribution in [3.05, 3.63) is 53.1 Å². The maximum atomic E-state index is 12.4. The Morgan fingerprint density at radius 1 is 0.960 bits per heavy atom. The first-order valence-corrected chi connectivity index (χ1v) is 7.62. The Morgan fingerprint density at radius 3 is 2.24 bits per heavy atom. The van der Waals surface area contributed by atoms with Crippen LogP contribution in [-0.4, -0.2) is 32.8 Å². The molecule has 0 spiro atoms. The molecule has 0 aliphatic heterocycles. The molecule has 0 aliphatic carbocycles. The molecule has 0 aliphatic rings. The van der Waals surface area contributed by atoms with Gasteiger partial charge in [0, 0.05) is 0 Å². The maximum Gasteiger partial charge on any atom is 0.343 e. The third kappa shape index (κ3) is 4.50. The van der Waals surface area contributed by atoms with Crippen LogP contribution in [-0.2, 0) is 9.53 Å². The third-order valence-electron chi connectivity index (χ3n) is 3.58. The minimum atomic E-state index is -0.513. The number of aryl methyl sites for hydroxylation is 2. The molecule has 2 aromatic rings. The van der Waals surface area contributed by atoms with Gasteiger partial charge in [0.25, 0.3) is 0 Å². The molecule has 0 fully saturated rings. The largest absolute Gasteiger partial charge is 0.493 e. The Balaban J connectivity index is 2.19. The lowest BCUT2D eigenvalue weighted by Crippen LogP contribution is -2.14. The number of methoxy groups -OCH3 is 2. The lowest BCUT2D eigenvalue weighted by molar-refractivity contribution is -0.142. The number of rotatable bonds is 6. The molecule has 6 nitrogen and oxygen atoms in total. The van der Waals surface area contributed by atoms with E-state index < -0.39 is 11.9 Å². The summed E-state index contributed by atoms with van der Waals surface area (Å²) >= 11 is 0. The van der Waals surface area contributed by atoms with E-state index in [9.17, 15) is 9.59 Å². The van der Waals surface area contributed by atoms with Crippen LogP contribution < -0.4 is 14.2 Å². The summed E-state index contributed by atoms with van der Waals surface area (Å²) in [6, 6.07) is 10.2. The van der Waals surface area contributed by atoms with Gasteiger partial charge in [-0.1, -0.05) is 18.2 Å². The highest BCUT2D eigenvalue weighted by molar-refractivity contribution is 5.92. The molecule has 2 rings (SSSR count). The normalized spacial score (nSPS) is 10.1. The molecule has 0 radical (unpaired) electrons. The van der Waals surface area contributed by atoms with Crippen LogP contribution in [0.15, 0.2) is 36.4 Å². The fraction of sp³-hybridized carbons (Fsp3) is 0.263. The minimum Gasteiger partial charge on any atom is -0.493 e. The highest BCUT2D eigenvalue weighted by Gasteiger charge is 2.16. The van der Waals surface area contributed by atoms with E-state index in [2.05, 4.69) is 4.74 Å². The minimum absolute atomic E-state index is 0.251. The van der Waals surface area contributed by atoms with Gasteiger partial charge in [-0.05, 0) is 43.2 Å². The molecule has 0 amide bonds. The Morgan fingerprint density at radius 2 is 1.64 bits per heavy atom. The average Bonchev–Trinajstić information content (AvgIpc) is 2.62. The van der Waals surface area contributed by atoms with E-state index in [1.165, 1.54) is 20.3 Å². The van der Waals surface area contributed by atoms with Crippen LogP contribution in [0.5, 0.6) is 17.2 Å². The van der Waals surface area contributed by atoms with Crippen LogP contribution in [0.4, 0.5) is 0 Å². The van der Waals surface area contributed by atoms with Crippen LogP contribution >= 0.6 is 0 Å². The fourth-order valence-electron chi connectivity index (χ4n) is 2.22. The number of benzene rings is 2. The van der Waals surface area contributed by atoms with E-state index in [1.807, 2.05) is 32.0 Å². The number of esters is 2. The van der Waals surface area contributed by atoms with Crippen LogP contribution in [0.2, 0.25) is 0 Å². The van der Waals surface area contributed by atoms with Crippen molar-refractivity contribution in [1.82, 2.24) is 0 Å². The van der Waals surface area contributed by atoms with Crippen molar-refractivity contribution >= 4 is 11.9 Å². The standard InChI is InChI=1S/C19H20O6/c1-12-6-5-7-13(2)18(12)25-19(21)14-8-9-15(16(10-14)22-3)24-11-17(20)23-4/h5-10H,11H2,1-4H3. The number of para-hydroxylation sites is 1. The van der Waals surface area contributed by atoms with Gasteiger partial charge < -0.3 is 18.9 Å². The number of carbonyl (C=O) groups excluding carboxylic acids is 2. The SMILES string of the molecule is COC(=O)COc1ccc(C(=O)Oc2c(C)cccc2C)cc1OC. The molecule has 0 N–H and O–H groups in total. The van der Waals surface area contributed by atoms with Crippen molar-refractivity contribution in [2.45, 2.75) is 13.8 Å². The van der Waals surface area contributed by atoms with E-state index in [0.717, 1.165) is 11.1 Å². The average molecular weight is 344 g/mol. The van der Waals surface area contributed by atoms with Crippen molar-refractivity contribution in [2.75, 3.05) is 20.8 Å². The molecule has 0 heterocycles. The molecule has 25 heavy (non-hydrogen) atoms. The van der Waals surface area contributed by atoms with Crippen molar-refractivity contribution in [3.63, 3.8) is 0 Å². The maximum absolute atomic E-state index is 12.4. The van der Waals surface area contributed by atoms with Crippen LogP contribution in [0, 0.1) is 13.8 Å². The second-order valence-electron chi connectivity index (χ2n) is 5.34. The number of carbonyl (C=O) groups is 2. The van der Waals surface area contributed by atoms with E-state index in [-0.39, 0.29) is 6.61 Å². The topological polar surface area (TPSA) is 71.1 Å². The summed E-state index contributed by atoms with van der Waals surface area (Å²) in [5.74, 6) is 0.171. The smallest absolute Gasteiger partial charge is 0.343 e. The highest BCUT2D eigenvalue weighted by Crippen LogP contribution is 2.29. The first kappa shape index (κ1) is 18.3. The van der Waals surface area contributed by atoms with Crippen LogP contribution in [0.1, 0.15) is 21.5 Å². The van der Waals surface area contributed by atoms with Crippen molar-refractivity contribution < 1.29 is 28.5 Å². The number of hydrogen-bond acceptors (Lipinski definition) is 6. The van der Waals surface area contributed by atoms with E-state index in [1.54, 1.807) is 12.1 Å². The van der Waals surface area contributed by atoms with E-state index >= 15 is 0 Å². The zero-order chi connectivity index (χ0) is 18.4. The Labute approximate surface area is 146 Å². The number of ether oxygens (including phenoxy) is 4. The van der Waals surface area contributed by atoms with Gasteiger partial charge in [0.1, 0.15) is 5.75 Å². The van der Waals surface area contributed by atoms with Crippen LogP contribution in [0.3, 0.4) is 0 Å². The van der Waals surface area contributed by atoms with Gasteiger partial charge >= 0.3 is 11.9 Å². The predicted molar refractivity (Wildman–Crippen MR) is 91.4 cm³/mol. The first-order valence-electron chi connectivity index (χ1n) is 7.62. The van der Waals surface area contributed by atoms with Gasteiger partial charge in [0.05, 0.1) is 19.8 Å². The van der Waals surface area contributed by atoms with Crippen molar-refractivity contribution in [1.29, 1.82) is 0 Å². The molecular formula is C19H20O6. The summed E-state index contributed by atoms with van der Waals surface area (Å²) in [4.78, 5) is 23.6. The van der Waals surface area contributed by atoms with Crippen LogP contribution in [0.25, 0.3) is 0 Å². The Hall–Kier alpha value is -3.02. The highest BCUT2D eigenvalue weighted by atomic mass is 16.6. The second kappa shape index (κ2) is 8.19. The molecule has 2 aromatic carbocycles. The monoisotopic (exact) mass is 344 g/mol. The molecule has 0 unspecified atom stereocenters. The van der Waals surface area contributed by atoms with Crippen molar-refractivity contribution in [2.24, 2.45) is 0 Å². The summed E-state index contributed by atoms with van der Waals surface area (Å²) in [6.07, 6.45) is 0.